The number of fused-ring (bicyclic) bond motifs is 3. The molecule has 3 aromatic heterocycles. The molecule has 0 aromatic carbocycles. The van der Waals surface area contributed by atoms with Crippen LogP contribution in [-0.4, -0.2) is 101 Å². The number of aryl methyl sites for hydroxylation is 3. The monoisotopic (exact) mass is 1010 g/mol. The topological polar surface area (TPSA) is 188 Å². The summed E-state index contributed by atoms with van der Waals surface area (Å²) in [6.07, 6.45) is 9.82. The number of hydrogen-bond acceptors (Lipinski definition) is 10. The highest BCUT2D eigenvalue weighted by Crippen LogP contribution is 2.70. The zero-order chi connectivity index (χ0) is 46.5. The van der Waals surface area contributed by atoms with Crippen LogP contribution in [0.25, 0.3) is 6.08 Å². The Labute approximate surface area is 387 Å². The Hall–Kier alpha value is -4.57. The number of halogens is 3. The molecule has 3 aliphatic heterocycles. The number of aliphatic hydroxyl groups is 2. The number of Topliss-reactive ketones (excluding diaryl/α,β-unsaturated/α-hetero) is 2. The molecule has 65 heavy (non-hydrogen) atoms. The standard InChI is InChI=1S/C45H56BF2IN8O8/c1-26-18-28(3)56-36(26)19-33-10-9-32(57(33)46(56,47)48)11-12-34(58)8-6-7-16-52-24-31(50-51-52)25-53-41(62)54-17-14-30(23-55(54)42(53)63)35-20-38(65-39(60)22-49)43(5)27(2)13-15-44(29(35)4)21-37(59)40(61)45(43,44)64/h9-10,14,18-19,24,27,29,35,37-38,59,64H,6-8,11-13,15-17,20-23,25H2,1-5H3/t27-,29+,35-,37+,38-,43+,44+,45-/m1/s1. The molecule has 0 unspecified atom stereocenters. The lowest BCUT2D eigenvalue weighted by molar-refractivity contribution is -0.362. The van der Waals surface area contributed by atoms with Crippen molar-refractivity contribution in [3.8, 4) is 0 Å². The Morgan fingerprint density at radius 2 is 1.85 bits per heavy atom. The molecule has 0 radical (unpaired) electrons. The van der Waals surface area contributed by atoms with Gasteiger partial charge in [-0.15, -0.1) is 5.10 Å². The summed E-state index contributed by atoms with van der Waals surface area (Å²) in [5.41, 5.74) is -1.31. The van der Waals surface area contributed by atoms with Gasteiger partial charge in [-0.1, -0.05) is 54.7 Å². The summed E-state index contributed by atoms with van der Waals surface area (Å²) >= 11 is 1.93. The van der Waals surface area contributed by atoms with Gasteiger partial charge < -0.3 is 32.5 Å². The molecule has 3 aromatic rings. The minimum Gasteiger partial charge on any atom is -0.461 e. The van der Waals surface area contributed by atoms with Crippen LogP contribution in [-0.2, 0) is 45.3 Å². The van der Waals surface area contributed by atoms with Crippen LogP contribution < -0.4 is 11.4 Å². The number of ketones is 2. The van der Waals surface area contributed by atoms with Gasteiger partial charge in [0.25, 0.3) is 0 Å². The third-order valence-electron chi connectivity index (χ3n) is 16.4. The van der Waals surface area contributed by atoms with Gasteiger partial charge in [-0.05, 0) is 93.0 Å². The summed E-state index contributed by atoms with van der Waals surface area (Å²) < 4.78 is 45.4. The summed E-state index contributed by atoms with van der Waals surface area (Å²) in [7, 11) is 0. The summed E-state index contributed by atoms with van der Waals surface area (Å²) in [4.78, 5) is 67.5. The van der Waals surface area contributed by atoms with Crippen molar-refractivity contribution in [2.24, 2.45) is 28.6 Å². The molecule has 3 fully saturated rings. The van der Waals surface area contributed by atoms with E-state index < -0.39 is 58.7 Å². The molecule has 20 heteroatoms. The molecule has 2 N–H and O–H groups in total. The number of nitrogens with zero attached hydrogens (tertiary/aromatic N) is 8. The molecule has 2 bridgehead atoms. The van der Waals surface area contributed by atoms with Crippen LogP contribution in [0.15, 0.2) is 51.4 Å². The van der Waals surface area contributed by atoms with Gasteiger partial charge in [-0.25, -0.2) is 23.5 Å². The van der Waals surface area contributed by atoms with E-state index in [4.69, 9.17) is 4.74 Å². The fraction of sp³-hybridized carbons (Fsp3) is 0.600. The Bertz CT molecular complexity index is 2760. The zero-order valence-electron chi connectivity index (χ0n) is 37.4. The first-order valence-electron chi connectivity index (χ1n) is 22.7. The predicted molar refractivity (Wildman–Crippen MR) is 243 cm³/mol. The fourth-order valence-corrected chi connectivity index (χ4v) is 13.0. The minimum absolute atomic E-state index is 0.0209. The van der Waals surface area contributed by atoms with Gasteiger partial charge in [0.2, 0.25) is 0 Å². The van der Waals surface area contributed by atoms with E-state index >= 15 is 8.63 Å². The van der Waals surface area contributed by atoms with Gasteiger partial charge in [-0.2, -0.15) is 0 Å². The van der Waals surface area contributed by atoms with Crippen LogP contribution in [0.3, 0.4) is 0 Å². The highest BCUT2D eigenvalue weighted by atomic mass is 127. The number of carbonyl (C=O) groups excluding carboxylic acids is 3. The third-order valence-corrected chi connectivity index (χ3v) is 17.0. The predicted octanol–water partition coefficient (Wildman–Crippen LogP) is 4.12. The number of aromatic nitrogens is 7. The van der Waals surface area contributed by atoms with E-state index in [-0.39, 0.29) is 73.3 Å². The molecule has 0 amide bonds. The Morgan fingerprint density at radius 1 is 1.09 bits per heavy atom. The molecule has 6 aliphatic rings. The number of allylic oxidation sites excluding steroid dienone is 4. The minimum atomic E-state index is -4.08. The van der Waals surface area contributed by atoms with Crippen LogP contribution >= 0.6 is 22.6 Å². The number of rotatable bonds is 13. The normalized spacial score (nSPS) is 30.9. The number of esters is 1. The molecule has 0 spiro atoms. The van der Waals surface area contributed by atoms with Gasteiger partial charge in [0.05, 0.1) is 30.3 Å². The number of carbonyl (C=O) groups is 3. The van der Waals surface area contributed by atoms with Crippen molar-refractivity contribution >= 4 is 58.9 Å². The Morgan fingerprint density at radius 3 is 2.60 bits per heavy atom. The second-order valence-corrected chi connectivity index (χ2v) is 20.3. The van der Waals surface area contributed by atoms with Gasteiger partial charge in [0.1, 0.15) is 35.0 Å². The lowest BCUT2D eigenvalue weighted by Gasteiger charge is -2.60. The maximum absolute atomic E-state index is 15.8. The number of ether oxygens (including phenoxy) is 1. The van der Waals surface area contributed by atoms with Crippen molar-refractivity contribution in [3.63, 3.8) is 0 Å². The van der Waals surface area contributed by atoms with E-state index in [1.54, 1.807) is 42.1 Å². The third kappa shape index (κ3) is 6.83. The van der Waals surface area contributed by atoms with Gasteiger partial charge in [0.15, 0.2) is 11.5 Å². The maximum Gasteiger partial charge on any atom is 0.737 e. The first kappa shape index (κ1) is 45.6. The molecule has 8 atom stereocenters. The maximum atomic E-state index is 15.8. The van der Waals surface area contributed by atoms with Gasteiger partial charge >= 0.3 is 24.3 Å². The number of alkyl halides is 1. The molecule has 3 saturated carbocycles. The van der Waals surface area contributed by atoms with E-state index in [1.165, 1.54) is 9.36 Å². The smallest absolute Gasteiger partial charge is 0.461 e. The van der Waals surface area contributed by atoms with Crippen molar-refractivity contribution in [2.75, 3.05) is 4.43 Å². The van der Waals surface area contributed by atoms with Crippen LogP contribution in [0.2, 0.25) is 0 Å². The quantitative estimate of drug-likeness (QED) is 0.0630. The number of aliphatic hydroxyl groups excluding tert-OH is 1. The van der Waals surface area contributed by atoms with Crippen LogP contribution in [0.4, 0.5) is 8.63 Å². The zero-order valence-corrected chi connectivity index (χ0v) is 39.5. The van der Waals surface area contributed by atoms with Crippen molar-refractivity contribution in [3.05, 3.63) is 85.4 Å². The lowest BCUT2D eigenvalue weighted by atomic mass is 9.46. The van der Waals surface area contributed by atoms with E-state index in [0.717, 1.165) is 24.7 Å². The second kappa shape index (κ2) is 16.3. The lowest BCUT2D eigenvalue weighted by Crippen LogP contribution is -2.69. The average Bonchev–Trinajstić information content (AvgIpc) is 4.07. The second-order valence-electron chi connectivity index (χ2n) is 19.5. The fourth-order valence-electron chi connectivity index (χ4n) is 12.8. The van der Waals surface area contributed by atoms with Crippen LogP contribution in [0.1, 0.15) is 101 Å². The van der Waals surface area contributed by atoms with Crippen LogP contribution in [0, 0.1) is 42.4 Å². The van der Waals surface area contributed by atoms with Gasteiger partial charge in [-0.3, -0.25) is 19.1 Å². The van der Waals surface area contributed by atoms with Crippen molar-refractivity contribution in [1.82, 2.24) is 33.4 Å². The summed E-state index contributed by atoms with van der Waals surface area (Å²) in [6, 6.07) is 1.76. The Balaban J connectivity index is 0.837. The summed E-state index contributed by atoms with van der Waals surface area (Å²) in [6.45, 7) is 5.67. The number of hydrogen-bond donors (Lipinski definition) is 2. The molecule has 6 heterocycles. The van der Waals surface area contributed by atoms with Gasteiger partial charge in [0, 0.05) is 60.6 Å². The number of unbranched alkanes of at least 4 members (excludes halogenated alkanes) is 1. The summed E-state index contributed by atoms with van der Waals surface area (Å²) in [5.74, 6) is -2.03. The first-order valence-corrected chi connectivity index (χ1v) is 24.3. The molecule has 3 aliphatic carbocycles. The average molecular weight is 1010 g/mol. The van der Waals surface area contributed by atoms with Crippen molar-refractivity contribution in [1.29, 1.82) is 0 Å². The summed E-state index contributed by atoms with van der Waals surface area (Å²) in [5, 5.41) is 32.3. The molecule has 16 nitrogen and oxygen atoms in total. The molecule has 0 saturated heterocycles. The largest absolute Gasteiger partial charge is 0.737 e. The molecule has 9 rings (SSSR count). The molecular formula is C45H56BF2IN8O8. The van der Waals surface area contributed by atoms with E-state index in [2.05, 4.69) is 10.3 Å². The van der Waals surface area contributed by atoms with Crippen molar-refractivity contribution < 1.29 is 42.5 Å². The van der Waals surface area contributed by atoms with E-state index in [1.807, 2.05) is 56.4 Å². The molecule has 348 valence electrons. The molecular weight excluding hydrogens is 956 g/mol. The van der Waals surface area contributed by atoms with Crippen molar-refractivity contribution in [2.45, 2.75) is 136 Å². The highest BCUT2D eigenvalue weighted by Gasteiger charge is 2.78. The van der Waals surface area contributed by atoms with Crippen LogP contribution in [0.5, 0.6) is 0 Å². The van der Waals surface area contributed by atoms with E-state index in [9.17, 15) is 34.2 Å². The van der Waals surface area contributed by atoms with E-state index in [0.29, 0.717) is 67.1 Å². The SMILES string of the molecule is Cc1cc(C)n2c1C=C1C=CC(CCC(=O)CCCCn3cc(Cn4c(=O)n5n(c4=O)CC([C@@H]4C[C@@H](OC(=O)CI)[C@]6(C)[C@H](C)CC[C@]7(C[C@H](O)C(=O)[C@]76O)[C@H]4C)=CC5)nn3)=[N+]1[B-]2(F)F. The highest BCUT2D eigenvalue weighted by molar-refractivity contribution is 14.1. The first-order chi connectivity index (χ1) is 30.8. The Kier molecular flexibility index (Phi) is 11.5.